The number of carbonyl (C=O) groups excluding carboxylic acids is 1. The van der Waals surface area contributed by atoms with E-state index >= 15 is 0 Å². The maximum absolute atomic E-state index is 11.5. The Labute approximate surface area is 88.2 Å². The van der Waals surface area contributed by atoms with Gasteiger partial charge in [-0.25, -0.2) is 8.42 Å². The van der Waals surface area contributed by atoms with Crippen molar-refractivity contribution in [1.29, 1.82) is 0 Å². The highest BCUT2D eigenvalue weighted by molar-refractivity contribution is 7.90. The summed E-state index contributed by atoms with van der Waals surface area (Å²) in [6.45, 7) is 0. The van der Waals surface area contributed by atoms with Crippen molar-refractivity contribution in [1.82, 2.24) is 4.98 Å². The molecule has 0 atom stereocenters. The average Bonchev–Trinajstić information content (AvgIpc) is 2.16. The molecule has 0 saturated heterocycles. The number of nitrogens with two attached hydrogens (primary N) is 1. The molecule has 1 amide bonds. The van der Waals surface area contributed by atoms with Crippen molar-refractivity contribution in [3.63, 3.8) is 0 Å². The van der Waals surface area contributed by atoms with Crippen molar-refractivity contribution in [3.8, 4) is 0 Å². The molecule has 82 valence electrons. The minimum atomic E-state index is -3.27. The number of nitrogens with zero attached hydrogens (tertiary/aromatic N) is 1. The van der Waals surface area contributed by atoms with Gasteiger partial charge in [0.15, 0.2) is 9.84 Å². The van der Waals surface area contributed by atoms with E-state index in [1.54, 1.807) is 18.3 Å². The van der Waals surface area contributed by atoms with Crippen LogP contribution < -0.4 is 5.73 Å². The number of carbonyl (C=O) groups is 1. The summed E-state index contributed by atoms with van der Waals surface area (Å²) < 4.78 is 22.9. The first kappa shape index (κ1) is 11.6. The smallest absolute Gasteiger partial charge is 0.218 e. The van der Waals surface area contributed by atoms with Crippen LogP contribution in [0.1, 0.15) is 12.0 Å². The van der Waals surface area contributed by atoms with Gasteiger partial charge in [0.05, 0.1) is 11.5 Å². The van der Waals surface area contributed by atoms with Gasteiger partial charge in [-0.1, -0.05) is 6.07 Å². The predicted molar refractivity (Wildman–Crippen MR) is 55.5 cm³/mol. The summed E-state index contributed by atoms with van der Waals surface area (Å²) in [5.41, 5.74) is 5.49. The SMILES string of the molecule is NC(=O)CCS(=O)(=O)Cc1cccnc1. The largest absolute Gasteiger partial charge is 0.370 e. The molecule has 1 heterocycles. The molecule has 1 rings (SSSR count). The maximum atomic E-state index is 11.5. The van der Waals surface area contributed by atoms with Crippen molar-refractivity contribution in [3.05, 3.63) is 30.1 Å². The zero-order valence-electron chi connectivity index (χ0n) is 8.09. The van der Waals surface area contributed by atoms with E-state index in [4.69, 9.17) is 5.73 Å². The molecule has 15 heavy (non-hydrogen) atoms. The first-order chi connectivity index (χ1) is 6.99. The molecule has 6 heteroatoms. The summed E-state index contributed by atoms with van der Waals surface area (Å²) in [6.07, 6.45) is 2.92. The first-order valence-electron chi connectivity index (χ1n) is 4.37. The third kappa shape index (κ3) is 4.55. The topological polar surface area (TPSA) is 90.1 Å². The highest BCUT2D eigenvalue weighted by Crippen LogP contribution is 2.05. The standard InChI is InChI=1S/C9H12N2O3S/c10-9(12)3-5-15(13,14)7-8-2-1-4-11-6-8/h1-2,4,6H,3,5,7H2,(H2,10,12). The van der Waals surface area contributed by atoms with Crippen LogP contribution in [0, 0.1) is 0 Å². The summed E-state index contributed by atoms with van der Waals surface area (Å²) in [6, 6.07) is 3.34. The molecule has 0 aliphatic rings. The summed E-state index contributed by atoms with van der Waals surface area (Å²) in [7, 11) is -3.27. The number of hydrogen-bond donors (Lipinski definition) is 1. The first-order valence-corrected chi connectivity index (χ1v) is 6.19. The number of aromatic nitrogens is 1. The van der Waals surface area contributed by atoms with E-state index in [-0.39, 0.29) is 17.9 Å². The number of pyridine rings is 1. The minimum Gasteiger partial charge on any atom is -0.370 e. The molecule has 0 radical (unpaired) electrons. The van der Waals surface area contributed by atoms with E-state index in [0.717, 1.165) is 0 Å². The lowest BCUT2D eigenvalue weighted by Crippen LogP contribution is -2.18. The monoisotopic (exact) mass is 228 g/mol. The van der Waals surface area contributed by atoms with Crippen LogP contribution in [0.4, 0.5) is 0 Å². The third-order valence-electron chi connectivity index (χ3n) is 1.77. The Morgan fingerprint density at radius 3 is 2.73 bits per heavy atom. The maximum Gasteiger partial charge on any atom is 0.218 e. The molecular weight excluding hydrogens is 216 g/mol. The van der Waals surface area contributed by atoms with Crippen molar-refractivity contribution in [2.75, 3.05) is 5.75 Å². The number of rotatable bonds is 5. The lowest BCUT2D eigenvalue weighted by atomic mass is 10.3. The Bertz CT molecular complexity index is 428. The van der Waals surface area contributed by atoms with Crippen LogP contribution in [-0.2, 0) is 20.4 Å². The van der Waals surface area contributed by atoms with Gasteiger partial charge < -0.3 is 5.73 Å². The van der Waals surface area contributed by atoms with Gasteiger partial charge in [-0.15, -0.1) is 0 Å². The second kappa shape index (κ2) is 4.88. The fraction of sp³-hybridized carbons (Fsp3) is 0.333. The van der Waals surface area contributed by atoms with Gasteiger partial charge in [0.2, 0.25) is 5.91 Å². The van der Waals surface area contributed by atoms with Crippen LogP contribution >= 0.6 is 0 Å². The summed E-state index contributed by atoms with van der Waals surface area (Å²) in [4.78, 5) is 14.3. The van der Waals surface area contributed by atoms with Crippen LogP contribution in [0.5, 0.6) is 0 Å². The molecule has 0 fully saturated rings. The van der Waals surface area contributed by atoms with Crippen LogP contribution in [0.3, 0.4) is 0 Å². The molecule has 1 aromatic rings. The molecule has 0 aliphatic carbocycles. The summed E-state index contributed by atoms with van der Waals surface area (Å²) in [5, 5.41) is 0. The lowest BCUT2D eigenvalue weighted by Gasteiger charge is -2.02. The summed E-state index contributed by atoms with van der Waals surface area (Å²) >= 11 is 0. The molecule has 2 N–H and O–H groups in total. The van der Waals surface area contributed by atoms with Crippen molar-refractivity contribution in [2.45, 2.75) is 12.2 Å². The van der Waals surface area contributed by atoms with E-state index in [9.17, 15) is 13.2 Å². The summed E-state index contributed by atoms with van der Waals surface area (Å²) in [5.74, 6) is -0.921. The van der Waals surface area contributed by atoms with Crippen molar-refractivity contribution < 1.29 is 13.2 Å². The Hall–Kier alpha value is -1.43. The zero-order valence-corrected chi connectivity index (χ0v) is 8.90. The Balaban J connectivity index is 2.61. The van der Waals surface area contributed by atoms with Crippen LogP contribution in [0.15, 0.2) is 24.5 Å². The quantitative estimate of drug-likeness (QED) is 0.760. The highest BCUT2D eigenvalue weighted by atomic mass is 32.2. The molecule has 0 saturated carbocycles. The lowest BCUT2D eigenvalue weighted by molar-refractivity contribution is -0.117. The third-order valence-corrected chi connectivity index (χ3v) is 3.37. The molecule has 0 unspecified atom stereocenters. The zero-order chi connectivity index (χ0) is 11.3. The van der Waals surface area contributed by atoms with Gasteiger partial charge in [-0.05, 0) is 11.6 Å². The van der Waals surface area contributed by atoms with Gasteiger partial charge in [-0.2, -0.15) is 0 Å². The van der Waals surface area contributed by atoms with Crippen LogP contribution in [0.2, 0.25) is 0 Å². The molecule has 5 nitrogen and oxygen atoms in total. The fourth-order valence-electron chi connectivity index (χ4n) is 1.07. The van der Waals surface area contributed by atoms with Gasteiger partial charge in [0.1, 0.15) is 0 Å². The molecule has 0 aromatic carbocycles. The molecule has 0 spiro atoms. The Kier molecular flexibility index (Phi) is 3.79. The number of sulfone groups is 1. The van der Waals surface area contributed by atoms with Gasteiger partial charge in [0.25, 0.3) is 0 Å². The van der Waals surface area contributed by atoms with Crippen LogP contribution in [0.25, 0.3) is 0 Å². The van der Waals surface area contributed by atoms with E-state index in [0.29, 0.717) is 5.56 Å². The van der Waals surface area contributed by atoms with Gasteiger partial charge in [0, 0.05) is 18.8 Å². The van der Waals surface area contributed by atoms with E-state index in [1.807, 2.05) is 0 Å². The van der Waals surface area contributed by atoms with Gasteiger partial charge >= 0.3 is 0 Å². The number of primary amides is 1. The van der Waals surface area contributed by atoms with Crippen molar-refractivity contribution >= 4 is 15.7 Å². The second-order valence-electron chi connectivity index (χ2n) is 3.17. The molecular formula is C9H12N2O3S. The Morgan fingerprint density at radius 1 is 1.47 bits per heavy atom. The van der Waals surface area contributed by atoms with E-state index in [2.05, 4.69) is 4.98 Å². The van der Waals surface area contributed by atoms with E-state index in [1.165, 1.54) is 6.20 Å². The highest BCUT2D eigenvalue weighted by Gasteiger charge is 2.13. The average molecular weight is 228 g/mol. The van der Waals surface area contributed by atoms with Gasteiger partial charge in [-0.3, -0.25) is 9.78 Å². The Morgan fingerprint density at radius 2 is 2.20 bits per heavy atom. The normalized spacial score (nSPS) is 11.2. The second-order valence-corrected chi connectivity index (χ2v) is 5.35. The minimum absolute atomic E-state index is 0.103. The van der Waals surface area contributed by atoms with Crippen LogP contribution in [-0.4, -0.2) is 25.1 Å². The van der Waals surface area contributed by atoms with Crippen molar-refractivity contribution in [2.24, 2.45) is 5.73 Å². The number of amides is 1. The predicted octanol–water partition coefficient (Wildman–Crippen LogP) is -0.128. The molecule has 0 bridgehead atoms. The van der Waals surface area contributed by atoms with E-state index < -0.39 is 15.7 Å². The molecule has 0 aliphatic heterocycles. The molecule has 1 aromatic heterocycles. The fourth-order valence-corrected chi connectivity index (χ4v) is 2.40. The number of hydrogen-bond acceptors (Lipinski definition) is 4.